The Bertz CT molecular complexity index is 205. The third kappa shape index (κ3) is 1.02. The lowest BCUT2D eigenvalue weighted by atomic mass is 9.99. The van der Waals surface area contributed by atoms with E-state index in [1.54, 1.807) is 0 Å². The van der Waals surface area contributed by atoms with E-state index in [1.165, 1.54) is 3.58 Å². The molecule has 0 aromatic rings. The average molecular weight is 250 g/mol. The number of allylic oxidation sites excluding steroid dienone is 2. The van der Waals surface area contributed by atoms with E-state index in [0.29, 0.717) is 11.7 Å². The molecule has 0 saturated heterocycles. The van der Waals surface area contributed by atoms with Gasteiger partial charge in [-0.1, -0.05) is 13.8 Å². The molecule has 0 aliphatic heterocycles. The molecule has 0 spiro atoms. The smallest absolute Gasteiger partial charge is 0.162 e. The SMILES string of the molecule is CC1=C(I)C(C)C(C)C1=O. The van der Waals surface area contributed by atoms with Crippen molar-refractivity contribution in [2.75, 3.05) is 0 Å². The summed E-state index contributed by atoms with van der Waals surface area (Å²) >= 11 is 2.27. The highest BCUT2D eigenvalue weighted by Crippen LogP contribution is 2.37. The first kappa shape index (κ1) is 8.24. The first-order valence-electron chi connectivity index (χ1n) is 3.46. The standard InChI is InChI=1S/C8H11IO/c1-4-5(2)8(10)6(3)7(4)9/h4-5H,1-3H3. The van der Waals surface area contributed by atoms with Crippen LogP contribution in [0.25, 0.3) is 0 Å². The van der Waals surface area contributed by atoms with Crippen molar-refractivity contribution in [2.45, 2.75) is 20.8 Å². The number of ketones is 1. The van der Waals surface area contributed by atoms with Crippen LogP contribution >= 0.6 is 22.6 Å². The van der Waals surface area contributed by atoms with Gasteiger partial charge in [0.2, 0.25) is 0 Å². The summed E-state index contributed by atoms with van der Waals surface area (Å²) in [5.41, 5.74) is 0.973. The fourth-order valence-corrected chi connectivity index (χ4v) is 2.05. The first-order valence-corrected chi connectivity index (χ1v) is 4.54. The maximum atomic E-state index is 11.3. The summed E-state index contributed by atoms with van der Waals surface area (Å²) < 4.78 is 1.25. The first-order chi connectivity index (χ1) is 4.55. The zero-order chi connectivity index (χ0) is 7.89. The number of rotatable bonds is 0. The van der Waals surface area contributed by atoms with Crippen LogP contribution in [-0.2, 0) is 4.79 Å². The van der Waals surface area contributed by atoms with Crippen molar-refractivity contribution in [2.24, 2.45) is 11.8 Å². The molecule has 1 aliphatic rings. The minimum absolute atomic E-state index is 0.215. The predicted octanol–water partition coefficient (Wildman–Crippen LogP) is 2.55. The summed E-state index contributed by atoms with van der Waals surface area (Å²) in [6.45, 7) is 6.03. The van der Waals surface area contributed by atoms with Crippen molar-refractivity contribution in [3.8, 4) is 0 Å². The van der Waals surface area contributed by atoms with Crippen molar-refractivity contribution < 1.29 is 4.79 Å². The van der Waals surface area contributed by atoms with E-state index < -0.39 is 0 Å². The number of Topliss-reactive ketones (excluding diaryl/α,β-unsaturated/α-hetero) is 1. The molecule has 0 aromatic carbocycles. The van der Waals surface area contributed by atoms with Gasteiger partial charge in [-0.15, -0.1) is 0 Å². The summed E-state index contributed by atoms with van der Waals surface area (Å²) in [6, 6.07) is 0. The molecule has 0 radical (unpaired) electrons. The van der Waals surface area contributed by atoms with Crippen LogP contribution in [0.4, 0.5) is 0 Å². The summed E-state index contributed by atoms with van der Waals surface area (Å²) in [5.74, 6) is 0.997. The van der Waals surface area contributed by atoms with Gasteiger partial charge in [-0.05, 0) is 35.4 Å². The number of hydrogen-bond donors (Lipinski definition) is 0. The van der Waals surface area contributed by atoms with Gasteiger partial charge >= 0.3 is 0 Å². The lowest BCUT2D eigenvalue weighted by molar-refractivity contribution is -0.118. The Morgan fingerprint density at radius 3 is 1.90 bits per heavy atom. The fourth-order valence-electron chi connectivity index (χ4n) is 1.25. The van der Waals surface area contributed by atoms with Crippen LogP contribution < -0.4 is 0 Å². The zero-order valence-corrected chi connectivity index (χ0v) is 8.60. The Kier molecular flexibility index (Phi) is 2.18. The highest BCUT2D eigenvalue weighted by Gasteiger charge is 2.32. The molecule has 0 N–H and O–H groups in total. The normalized spacial score (nSPS) is 33.8. The van der Waals surface area contributed by atoms with Gasteiger partial charge in [-0.3, -0.25) is 4.79 Å². The van der Waals surface area contributed by atoms with Gasteiger partial charge in [0.1, 0.15) is 0 Å². The zero-order valence-electron chi connectivity index (χ0n) is 6.44. The van der Waals surface area contributed by atoms with Gasteiger partial charge < -0.3 is 0 Å². The van der Waals surface area contributed by atoms with E-state index in [1.807, 2.05) is 13.8 Å². The van der Waals surface area contributed by atoms with Crippen LogP contribution in [0.1, 0.15) is 20.8 Å². The topological polar surface area (TPSA) is 17.1 Å². The molecule has 0 fully saturated rings. The van der Waals surface area contributed by atoms with Crippen molar-refractivity contribution in [1.29, 1.82) is 0 Å². The summed E-state index contributed by atoms with van der Waals surface area (Å²) in [5, 5.41) is 0. The molecule has 1 aliphatic carbocycles. The molecular formula is C8H11IO. The van der Waals surface area contributed by atoms with Crippen molar-refractivity contribution in [3.05, 3.63) is 9.15 Å². The molecule has 2 atom stereocenters. The van der Waals surface area contributed by atoms with Crippen molar-refractivity contribution >= 4 is 28.4 Å². The van der Waals surface area contributed by atoms with E-state index in [0.717, 1.165) is 5.57 Å². The molecular weight excluding hydrogens is 239 g/mol. The Balaban J connectivity index is 2.99. The van der Waals surface area contributed by atoms with Crippen LogP contribution in [-0.4, -0.2) is 5.78 Å². The van der Waals surface area contributed by atoms with Crippen LogP contribution in [0.5, 0.6) is 0 Å². The van der Waals surface area contributed by atoms with E-state index in [9.17, 15) is 4.79 Å². The van der Waals surface area contributed by atoms with E-state index in [2.05, 4.69) is 29.5 Å². The molecule has 1 nitrogen and oxygen atoms in total. The molecule has 2 heteroatoms. The Labute approximate surface area is 75.0 Å². The highest BCUT2D eigenvalue weighted by molar-refractivity contribution is 14.1. The number of carbonyl (C=O) groups is 1. The third-order valence-corrected chi connectivity index (χ3v) is 4.08. The van der Waals surface area contributed by atoms with Gasteiger partial charge in [0, 0.05) is 15.1 Å². The molecule has 0 saturated carbocycles. The van der Waals surface area contributed by atoms with Gasteiger partial charge in [0.15, 0.2) is 5.78 Å². The third-order valence-electron chi connectivity index (χ3n) is 2.29. The molecule has 10 heavy (non-hydrogen) atoms. The van der Waals surface area contributed by atoms with Crippen LogP contribution in [0.3, 0.4) is 0 Å². The molecule has 0 heterocycles. The number of carbonyl (C=O) groups excluding carboxylic acids is 1. The molecule has 0 aromatic heterocycles. The van der Waals surface area contributed by atoms with Crippen molar-refractivity contribution in [1.82, 2.24) is 0 Å². The van der Waals surface area contributed by atoms with Crippen LogP contribution in [0.15, 0.2) is 9.15 Å². The van der Waals surface area contributed by atoms with E-state index in [4.69, 9.17) is 0 Å². The largest absolute Gasteiger partial charge is 0.294 e. The second-order valence-corrected chi connectivity index (χ2v) is 4.08. The van der Waals surface area contributed by atoms with Gasteiger partial charge in [-0.25, -0.2) is 0 Å². The molecule has 56 valence electrons. The van der Waals surface area contributed by atoms with E-state index in [-0.39, 0.29) is 5.92 Å². The molecule has 0 amide bonds. The predicted molar refractivity (Wildman–Crippen MR) is 50.1 cm³/mol. The Morgan fingerprint density at radius 2 is 1.80 bits per heavy atom. The monoisotopic (exact) mass is 250 g/mol. The second kappa shape index (κ2) is 2.64. The summed E-state index contributed by atoms with van der Waals surface area (Å²) in [7, 11) is 0. The minimum atomic E-state index is 0.215. The van der Waals surface area contributed by atoms with Gasteiger partial charge in [0.05, 0.1) is 0 Å². The quantitative estimate of drug-likeness (QED) is 0.604. The average Bonchev–Trinajstić information content (AvgIpc) is 2.07. The Morgan fingerprint density at radius 1 is 1.30 bits per heavy atom. The molecule has 2 unspecified atom stereocenters. The lowest BCUT2D eigenvalue weighted by Crippen LogP contribution is -2.10. The number of halogens is 1. The van der Waals surface area contributed by atoms with Gasteiger partial charge in [-0.2, -0.15) is 0 Å². The van der Waals surface area contributed by atoms with Crippen LogP contribution in [0.2, 0.25) is 0 Å². The maximum Gasteiger partial charge on any atom is 0.162 e. The summed E-state index contributed by atoms with van der Waals surface area (Å²) in [4.78, 5) is 11.3. The summed E-state index contributed by atoms with van der Waals surface area (Å²) in [6.07, 6.45) is 0. The van der Waals surface area contributed by atoms with Gasteiger partial charge in [0.25, 0.3) is 0 Å². The highest BCUT2D eigenvalue weighted by atomic mass is 127. The maximum absolute atomic E-state index is 11.3. The second-order valence-electron chi connectivity index (χ2n) is 2.91. The number of hydrogen-bond acceptors (Lipinski definition) is 1. The molecule has 1 rings (SSSR count). The van der Waals surface area contributed by atoms with Crippen molar-refractivity contribution in [3.63, 3.8) is 0 Å². The fraction of sp³-hybridized carbons (Fsp3) is 0.625. The lowest BCUT2D eigenvalue weighted by Gasteiger charge is -2.06. The Hall–Kier alpha value is 0.140. The van der Waals surface area contributed by atoms with E-state index >= 15 is 0 Å². The molecule has 0 bridgehead atoms. The van der Waals surface area contributed by atoms with Crippen LogP contribution in [0, 0.1) is 11.8 Å². The minimum Gasteiger partial charge on any atom is -0.294 e.